The molecule has 1 saturated carbocycles. The van der Waals surface area contributed by atoms with Crippen molar-refractivity contribution in [3.63, 3.8) is 0 Å². The molecule has 0 amide bonds. The maximum Gasteiger partial charge on any atom is 0.328 e. The summed E-state index contributed by atoms with van der Waals surface area (Å²) in [5.41, 5.74) is -3.59. The number of hydrogen-bond acceptors (Lipinski definition) is 3. The standard InChI is InChI=1S/C12H12FIN2O3/c1-2-12(13)8(5-7(6-14)10(12)18)16-4-3-9(17)15-11(16)19/h1,3-4,7-8,10,18H,5-6H2,(H,15,17,19)/t7-,8-,10-,12+/m1/s1. The van der Waals surface area contributed by atoms with E-state index < -0.39 is 29.1 Å². The number of hydrogen-bond donors (Lipinski definition) is 2. The van der Waals surface area contributed by atoms with Crippen molar-refractivity contribution < 1.29 is 9.50 Å². The van der Waals surface area contributed by atoms with Crippen LogP contribution in [0, 0.1) is 18.3 Å². The number of aromatic nitrogens is 2. The Hall–Kier alpha value is -1.14. The van der Waals surface area contributed by atoms with Crippen molar-refractivity contribution in [2.45, 2.75) is 24.2 Å². The summed E-state index contributed by atoms with van der Waals surface area (Å²) in [6.45, 7) is 0. The largest absolute Gasteiger partial charge is 0.388 e. The van der Waals surface area contributed by atoms with Gasteiger partial charge in [0.15, 0.2) is 0 Å². The van der Waals surface area contributed by atoms with E-state index in [1.165, 1.54) is 6.20 Å². The van der Waals surface area contributed by atoms with Gasteiger partial charge in [-0.1, -0.05) is 28.5 Å². The van der Waals surface area contributed by atoms with Gasteiger partial charge in [0.1, 0.15) is 6.10 Å². The zero-order valence-corrected chi connectivity index (χ0v) is 12.0. The summed E-state index contributed by atoms with van der Waals surface area (Å²) in [5.74, 6) is 1.64. The summed E-state index contributed by atoms with van der Waals surface area (Å²) in [6.07, 6.45) is 5.34. The molecule has 0 bridgehead atoms. The number of aromatic amines is 1. The van der Waals surface area contributed by atoms with Crippen LogP contribution in [-0.2, 0) is 0 Å². The number of nitrogens with one attached hydrogen (secondary N) is 1. The first-order valence-corrected chi connectivity index (χ1v) is 7.18. The summed E-state index contributed by atoms with van der Waals surface area (Å²) in [5, 5.41) is 9.98. The smallest absolute Gasteiger partial charge is 0.328 e. The van der Waals surface area contributed by atoms with Gasteiger partial charge in [0.2, 0.25) is 5.67 Å². The van der Waals surface area contributed by atoms with Crippen molar-refractivity contribution in [1.82, 2.24) is 9.55 Å². The SMILES string of the molecule is C#C[C@@]1(F)[C@H](O)[C@@H](CI)C[C@H]1n1ccc(=O)[nH]c1=O. The number of alkyl halides is 2. The van der Waals surface area contributed by atoms with Crippen LogP contribution in [0.25, 0.3) is 0 Å². The third-order valence-electron chi connectivity index (χ3n) is 3.49. The molecule has 4 atom stereocenters. The molecule has 2 rings (SSSR count). The maximum atomic E-state index is 14.8. The van der Waals surface area contributed by atoms with E-state index in [4.69, 9.17) is 6.42 Å². The minimum absolute atomic E-state index is 0.247. The van der Waals surface area contributed by atoms with Gasteiger partial charge in [-0.2, -0.15) is 0 Å². The Kier molecular flexibility index (Phi) is 3.82. The van der Waals surface area contributed by atoms with E-state index in [0.29, 0.717) is 4.43 Å². The van der Waals surface area contributed by atoms with Gasteiger partial charge in [-0.3, -0.25) is 14.3 Å². The van der Waals surface area contributed by atoms with E-state index in [1.54, 1.807) is 0 Å². The Labute approximate surface area is 122 Å². The van der Waals surface area contributed by atoms with E-state index in [0.717, 1.165) is 10.6 Å². The predicted octanol–water partition coefficient (Wildman–Crippen LogP) is 0.235. The zero-order valence-electron chi connectivity index (χ0n) is 9.85. The molecular formula is C12H12FIN2O3. The molecule has 19 heavy (non-hydrogen) atoms. The second kappa shape index (κ2) is 5.09. The average Bonchev–Trinajstić information content (AvgIpc) is 2.63. The lowest BCUT2D eigenvalue weighted by Crippen LogP contribution is -2.43. The van der Waals surface area contributed by atoms with Gasteiger partial charge in [0, 0.05) is 22.6 Å². The second-order valence-electron chi connectivity index (χ2n) is 4.54. The van der Waals surface area contributed by atoms with Crippen molar-refractivity contribution in [3.05, 3.63) is 33.1 Å². The van der Waals surface area contributed by atoms with E-state index in [-0.39, 0.29) is 12.3 Å². The van der Waals surface area contributed by atoms with Crippen molar-refractivity contribution in [1.29, 1.82) is 0 Å². The van der Waals surface area contributed by atoms with E-state index in [1.807, 2.05) is 28.5 Å². The number of halogens is 2. The van der Waals surface area contributed by atoms with Crippen LogP contribution in [0.4, 0.5) is 4.39 Å². The van der Waals surface area contributed by atoms with Gasteiger partial charge in [-0.05, 0) is 6.42 Å². The van der Waals surface area contributed by atoms with Crippen LogP contribution in [0.5, 0.6) is 0 Å². The van der Waals surface area contributed by atoms with Crippen molar-refractivity contribution in [2.24, 2.45) is 5.92 Å². The highest BCUT2D eigenvalue weighted by Crippen LogP contribution is 2.45. The lowest BCUT2D eigenvalue weighted by Gasteiger charge is -2.26. The first kappa shape index (κ1) is 14.3. The van der Waals surface area contributed by atoms with Crippen LogP contribution in [0.15, 0.2) is 21.9 Å². The molecule has 0 spiro atoms. The molecular weight excluding hydrogens is 366 g/mol. The molecule has 1 aromatic rings. The molecule has 7 heteroatoms. The average molecular weight is 378 g/mol. The lowest BCUT2D eigenvalue weighted by molar-refractivity contribution is 0.0203. The van der Waals surface area contributed by atoms with Crippen molar-refractivity contribution in [2.75, 3.05) is 4.43 Å². The fraction of sp³-hybridized carbons (Fsp3) is 0.500. The molecule has 2 N–H and O–H groups in total. The molecule has 0 unspecified atom stereocenters. The summed E-state index contributed by atoms with van der Waals surface area (Å²) < 4.78 is 16.3. The summed E-state index contributed by atoms with van der Waals surface area (Å²) >= 11 is 2.04. The normalized spacial score (nSPS) is 34.1. The molecule has 0 saturated heterocycles. The molecule has 1 fully saturated rings. The molecule has 102 valence electrons. The Morgan fingerprint density at radius 2 is 2.37 bits per heavy atom. The van der Waals surface area contributed by atoms with Crippen LogP contribution < -0.4 is 11.2 Å². The molecule has 1 aliphatic carbocycles. The minimum atomic E-state index is -2.31. The number of terminal acetylenes is 1. The molecule has 1 aromatic heterocycles. The van der Waals surface area contributed by atoms with Gasteiger partial charge in [0.25, 0.3) is 5.56 Å². The number of aliphatic hydroxyl groups is 1. The highest BCUT2D eigenvalue weighted by atomic mass is 127. The fourth-order valence-corrected chi connectivity index (χ4v) is 3.29. The van der Waals surface area contributed by atoms with Gasteiger partial charge in [0.05, 0.1) is 6.04 Å². The van der Waals surface area contributed by atoms with Crippen LogP contribution in [-0.4, -0.2) is 30.9 Å². The summed E-state index contributed by atoms with van der Waals surface area (Å²) in [6, 6.07) is 0.152. The monoisotopic (exact) mass is 378 g/mol. The van der Waals surface area contributed by atoms with Crippen LogP contribution >= 0.6 is 22.6 Å². The van der Waals surface area contributed by atoms with Crippen LogP contribution in [0.2, 0.25) is 0 Å². The first-order valence-electron chi connectivity index (χ1n) is 5.66. The molecule has 5 nitrogen and oxygen atoms in total. The Morgan fingerprint density at radius 3 is 2.89 bits per heavy atom. The number of H-pyrrole nitrogens is 1. The topological polar surface area (TPSA) is 75.1 Å². The Morgan fingerprint density at radius 1 is 1.68 bits per heavy atom. The summed E-state index contributed by atoms with van der Waals surface area (Å²) in [7, 11) is 0. The van der Waals surface area contributed by atoms with Crippen molar-refractivity contribution >= 4 is 22.6 Å². The third kappa shape index (κ3) is 2.23. The van der Waals surface area contributed by atoms with E-state index in [9.17, 15) is 19.1 Å². The molecule has 1 heterocycles. The molecule has 1 aliphatic rings. The van der Waals surface area contributed by atoms with Gasteiger partial charge >= 0.3 is 5.69 Å². The lowest BCUT2D eigenvalue weighted by atomic mass is 9.97. The maximum absolute atomic E-state index is 14.8. The Bertz CT molecular complexity index is 635. The fourth-order valence-electron chi connectivity index (χ4n) is 2.44. The first-order chi connectivity index (χ1) is 8.93. The summed E-state index contributed by atoms with van der Waals surface area (Å²) in [4.78, 5) is 24.8. The molecule has 0 radical (unpaired) electrons. The van der Waals surface area contributed by atoms with Gasteiger partial charge < -0.3 is 5.11 Å². The zero-order chi connectivity index (χ0) is 14.2. The van der Waals surface area contributed by atoms with Gasteiger partial charge in [-0.15, -0.1) is 6.42 Å². The van der Waals surface area contributed by atoms with E-state index in [2.05, 4.69) is 4.98 Å². The molecule has 0 aromatic carbocycles. The second-order valence-corrected chi connectivity index (χ2v) is 5.42. The number of rotatable bonds is 2. The number of nitrogens with zero attached hydrogens (tertiary/aromatic N) is 1. The minimum Gasteiger partial charge on any atom is -0.388 e. The number of aliphatic hydroxyl groups excluding tert-OH is 1. The van der Waals surface area contributed by atoms with Crippen LogP contribution in [0.1, 0.15) is 12.5 Å². The predicted molar refractivity (Wildman–Crippen MR) is 76.0 cm³/mol. The van der Waals surface area contributed by atoms with E-state index >= 15 is 0 Å². The quantitative estimate of drug-likeness (QED) is 0.440. The Balaban J connectivity index is 2.52. The third-order valence-corrected chi connectivity index (χ3v) is 4.63. The van der Waals surface area contributed by atoms with Crippen LogP contribution in [0.3, 0.4) is 0 Å². The molecule has 0 aliphatic heterocycles. The highest BCUT2D eigenvalue weighted by molar-refractivity contribution is 14.1. The van der Waals surface area contributed by atoms with Gasteiger partial charge in [-0.25, -0.2) is 9.18 Å². The highest BCUT2D eigenvalue weighted by Gasteiger charge is 2.55. The van der Waals surface area contributed by atoms with Crippen molar-refractivity contribution in [3.8, 4) is 12.3 Å².